The number of rotatable bonds is 8. The van der Waals surface area contributed by atoms with Gasteiger partial charge in [-0.3, -0.25) is 9.59 Å². The van der Waals surface area contributed by atoms with Gasteiger partial charge in [-0.05, 0) is 42.0 Å². The lowest BCUT2D eigenvalue weighted by Gasteiger charge is -2.37. The van der Waals surface area contributed by atoms with Crippen molar-refractivity contribution in [1.29, 1.82) is 0 Å². The molecule has 33 heavy (non-hydrogen) atoms. The number of benzene rings is 2. The SMILES string of the molecule is C/C(=C\CNC(=O)OCC1c2ccccc2-c2ccccc21)C(=O)NCC1(C(=O)O)CCC1. The van der Waals surface area contributed by atoms with Crippen molar-refractivity contribution in [1.82, 2.24) is 10.6 Å². The Morgan fingerprint density at radius 2 is 1.64 bits per heavy atom. The third kappa shape index (κ3) is 4.62. The number of hydrogen-bond acceptors (Lipinski definition) is 4. The number of amides is 2. The highest BCUT2D eigenvalue weighted by atomic mass is 16.5. The van der Waals surface area contributed by atoms with Gasteiger partial charge in [0.25, 0.3) is 0 Å². The molecule has 0 unspecified atom stereocenters. The molecule has 7 nitrogen and oxygen atoms in total. The van der Waals surface area contributed by atoms with Crippen molar-refractivity contribution in [3.8, 4) is 11.1 Å². The quantitative estimate of drug-likeness (QED) is 0.532. The number of fused-ring (bicyclic) bond motifs is 3. The van der Waals surface area contributed by atoms with E-state index in [-0.39, 0.29) is 31.5 Å². The van der Waals surface area contributed by atoms with E-state index in [1.807, 2.05) is 24.3 Å². The van der Waals surface area contributed by atoms with Crippen LogP contribution in [0.4, 0.5) is 4.79 Å². The van der Waals surface area contributed by atoms with Crippen LogP contribution in [0.1, 0.15) is 43.2 Å². The lowest BCUT2D eigenvalue weighted by atomic mass is 9.69. The zero-order chi connectivity index (χ0) is 23.4. The molecule has 0 atom stereocenters. The molecule has 7 heteroatoms. The van der Waals surface area contributed by atoms with Gasteiger partial charge >= 0.3 is 12.1 Å². The van der Waals surface area contributed by atoms with Crippen molar-refractivity contribution in [3.05, 3.63) is 71.3 Å². The zero-order valence-corrected chi connectivity index (χ0v) is 18.6. The summed E-state index contributed by atoms with van der Waals surface area (Å²) >= 11 is 0. The van der Waals surface area contributed by atoms with Gasteiger partial charge in [-0.25, -0.2) is 4.79 Å². The van der Waals surface area contributed by atoms with Crippen molar-refractivity contribution in [2.24, 2.45) is 5.41 Å². The van der Waals surface area contributed by atoms with Crippen LogP contribution in [0, 0.1) is 5.41 Å². The molecule has 0 radical (unpaired) electrons. The van der Waals surface area contributed by atoms with E-state index in [9.17, 15) is 19.5 Å². The fourth-order valence-corrected chi connectivity index (χ4v) is 4.49. The molecular formula is C26H28N2O5. The van der Waals surface area contributed by atoms with Crippen molar-refractivity contribution < 1.29 is 24.2 Å². The van der Waals surface area contributed by atoms with Crippen LogP contribution in [-0.2, 0) is 14.3 Å². The van der Waals surface area contributed by atoms with E-state index < -0.39 is 17.5 Å². The topological polar surface area (TPSA) is 105 Å². The Morgan fingerprint density at radius 3 is 2.18 bits per heavy atom. The number of ether oxygens (including phenoxy) is 1. The van der Waals surface area contributed by atoms with E-state index in [0.717, 1.165) is 17.5 Å². The van der Waals surface area contributed by atoms with E-state index in [1.54, 1.807) is 13.0 Å². The van der Waals surface area contributed by atoms with E-state index in [1.165, 1.54) is 11.1 Å². The Balaban J connectivity index is 1.26. The number of carboxylic acid groups (broad SMARTS) is 1. The molecule has 0 aromatic heterocycles. The molecule has 172 valence electrons. The summed E-state index contributed by atoms with van der Waals surface area (Å²) in [5.41, 5.74) is 4.19. The van der Waals surface area contributed by atoms with Gasteiger partial charge in [-0.15, -0.1) is 0 Å². The van der Waals surface area contributed by atoms with Crippen molar-refractivity contribution >= 4 is 18.0 Å². The maximum Gasteiger partial charge on any atom is 0.407 e. The molecule has 4 rings (SSSR count). The molecule has 0 heterocycles. The first-order chi connectivity index (χ1) is 15.9. The summed E-state index contributed by atoms with van der Waals surface area (Å²) < 4.78 is 5.48. The fraction of sp³-hybridized carbons (Fsp3) is 0.346. The molecular weight excluding hydrogens is 420 g/mol. The van der Waals surface area contributed by atoms with Crippen LogP contribution >= 0.6 is 0 Å². The third-order valence-corrected chi connectivity index (χ3v) is 6.71. The number of carbonyl (C=O) groups is 3. The standard InChI is InChI=1S/C26H28N2O5/c1-17(23(29)28-16-26(24(30)31)12-6-13-26)11-14-27-25(32)33-15-22-20-9-4-2-7-18(20)19-8-3-5-10-21(19)22/h2-5,7-11,22H,6,12-16H2,1H3,(H,27,32)(H,28,29)(H,30,31)/b17-11+. The van der Waals surface area contributed by atoms with E-state index in [4.69, 9.17) is 4.74 Å². The van der Waals surface area contributed by atoms with Gasteiger partial charge in [0.05, 0.1) is 5.41 Å². The monoisotopic (exact) mass is 448 g/mol. The highest BCUT2D eigenvalue weighted by Gasteiger charge is 2.44. The summed E-state index contributed by atoms with van der Waals surface area (Å²) in [6, 6.07) is 16.3. The highest BCUT2D eigenvalue weighted by Crippen LogP contribution is 2.44. The molecule has 1 saturated carbocycles. The number of aliphatic carboxylic acids is 1. The second-order valence-electron chi connectivity index (χ2n) is 8.72. The minimum atomic E-state index is -0.868. The summed E-state index contributed by atoms with van der Waals surface area (Å²) in [4.78, 5) is 35.9. The molecule has 2 amide bonds. The van der Waals surface area contributed by atoms with Gasteiger partial charge in [-0.1, -0.05) is 61.0 Å². The minimum absolute atomic E-state index is 0.0146. The summed E-state index contributed by atoms with van der Waals surface area (Å²) in [5.74, 6) is -1.22. The zero-order valence-electron chi connectivity index (χ0n) is 18.6. The number of hydrogen-bond donors (Lipinski definition) is 3. The van der Waals surface area contributed by atoms with E-state index in [0.29, 0.717) is 18.4 Å². The molecule has 0 saturated heterocycles. The Hall–Kier alpha value is -3.61. The molecule has 0 spiro atoms. The summed E-state index contributed by atoms with van der Waals surface area (Å²) in [6.45, 7) is 2.11. The first kappa shape index (κ1) is 22.6. The molecule has 0 bridgehead atoms. The van der Waals surface area contributed by atoms with Gasteiger partial charge in [0.2, 0.25) is 5.91 Å². The fourth-order valence-electron chi connectivity index (χ4n) is 4.49. The van der Waals surface area contributed by atoms with Gasteiger partial charge < -0.3 is 20.5 Å². The Morgan fingerprint density at radius 1 is 1.03 bits per heavy atom. The van der Waals surface area contributed by atoms with Crippen molar-refractivity contribution in [3.63, 3.8) is 0 Å². The van der Waals surface area contributed by atoms with Crippen LogP contribution in [-0.4, -0.2) is 42.8 Å². The molecule has 2 aromatic rings. The smallest absolute Gasteiger partial charge is 0.407 e. The average molecular weight is 449 g/mol. The molecule has 2 aliphatic rings. The van der Waals surface area contributed by atoms with Crippen molar-refractivity contribution in [2.45, 2.75) is 32.1 Å². The second kappa shape index (κ2) is 9.48. The molecule has 3 N–H and O–H groups in total. The van der Waals surface area contributed by atoms with Crippen LogP contribution in [0.5, 0.6) is 0 Å². The van der Waals surface area contributed by atoms with Crippen LogP contribution < -0.4 is 10.6 Å². The molecule has 2 aliphatic carbocycles. The number of alkyl carbamates (subject to hydrolysis) is 1. The summed E-state index contributed by atoms with van der Waals surface area (Å²) in [5, 5.41) is 14.7. The van der Waals surface area contributed by atoms with Gasteiger partial charge in [-0.2, -0.15) is 0 Å². The normalized spacial score (nSPS) is 16.2. The Labute approximate surface area is 192 Å². The van der Waals surface area contributed by atoms with Crippen LogP contribution in [0.3, 0.4) is 0 Å². The average Bonchev–Trinajstić information content (AvgIpc) is 3.10. The highest BCUT2D eigenvalue weighted by molar-refractivity contribution is 5.93. The second-order valence-corrected chi connectivity index (χ2v) is 8.72. The third-order valence-electron chi connectivity index (χ3n) is 6.71. The Bertz CT molecular complexity index is 1060. The first-order valence-corrected chi connectivity index (χ1v) is 11.2. The van der Waals surface area contributed by atoms with Gasteiger partial charge in [0, 0.05) is 24.6 Å². The van der Waals surface area contributed by atoms with Crippen molar-refractivity contribution in [2.75, 3.05) is 19.7 Å². The van der Waals surface area contributed by atoms with E-state index in [2.05, 4.69) is 34.9 Å². The largest absolute Gasteiger partial charge is 0.481 e. The predicted octanol–water partition coefficient (Wildman–Crippen LogP) is 3.84. The predicted molar refractivity (Wildman–Crippen MR) is 124 cm³/mol. The molecule has 0 aliphatic heterocycles. The Kier molecular flexibility index (Phi) is 6.49. The lowest BCUT2D eigenvalue weighted by Crippen LogP contribution is -2.47. The van der Waals surface area contributed by atoms with Gasteiger partial charge in [0.15, 0.2) is 0 Å². The number of carbonyl (C=O) groups excluding carboxylic acids is 2. The number of carboxylic acids is 1. The maximum atomic E-state index is 12.2. The molecule has 1 fully saturated rings. The molecule has 2 aromatic carbocycles. The van der Waals surface area contributed by atoms with Crippen LogP contribution in [0.25, 0.3) is 11.1 Å². The van der Waals surface area contributed by atoms with Gasteiger partial charge in [0.1, 0.15) is 6.61 Å². The minimum Gasteiger partial charge on any atom is -0.481 e. The van der Waals surface area contributed by atoms with Crippen LogP contribution in [0.2, 0.25) is 0 Å². The van der Waals surface area contributed by atoms with Crippen LogP contribution in [0.15, 0.2) is 60.2 Å². The summed E-state index contributed by atoms with van der Waals surface area (Å²) in [6.07, 6.45) is 3.05. The summed E-state index contributed by atoms with van der Waals surface area (Å²) in [7, 11) is 0. The lowest BCUT2D eigenvalue weighted by molar-refractivity contribution is -0.154. The number of nitrogens with one attached hydrogen (secondary N) is 2. The van der Waals surface area contributed by atoms with E-state index >= 15 is 0 Å². The maximum absolute atomic E-state index is 12.2. The first-order valence-electron chi connectivity index (χ1n) is 11.2.